The summed E-state index contributed by atoms with van der Waals surface area (Å²) in [6.07, 6.45) is 0. The number of halogens is 2. The highest BCUT2D eigenvalue weighted by Crippen LogP contribution is 2.25. The molecule has 0 aliphatic heterocycles. The number of hydrogen-bond donors (Lipinski definition) is 1. The number of hydrogen-bond acceptors (Lipinski definition) is 4. The summed E-state index contributed by atoms with van der Waals surface area (Å²) in [4.78, 5) is 23.8. The molecule has 1 amide bonds. The minimum Gasteiger partial charge on any atom is -0.359 e. The summed E-state index contributed by atoms with van der Waals surface area (Å²) < 4.78 is 4.98. The minimum absolute atomic E-state index is 0.0323. The van der Waals surface area contributed by atoms with Gasteiger partial charge >= 0.3 is 0 Å². The Balaban J connectivity index is 2.41. The van der Waals surface area contributed by atoms with E-state index < -0.39 is 5.78 Å². The van der Waals surface area contributed by atoms with Crippen molar-refractivity contribution in [1.82, 2.24) is 5.16 Å². The number of carbonyl (C=O) groups excluding carboxylic acids is 2. The van der Waals surface area contributed by atoms with Crippen molar-refractivity contribution in [3.8, 4) is 0 Å². The Bertz CT molecular complexity index is 669. The second kappa shape index (κ2) is 6.19. The van der Waals surface area contributed by atoms with Gasteiger partial charge in [0.15, 0.2) is 11.5 Å². The van der Waals surface area contributed by atoms with E-state index in [0.717, 1.165) is 0 Å². The molecule has 104 valence electrons. The van der Waals surface area contributed by atoms with Crippen molar-refractivity contribution < 1.29 is 14.1 Å². The highest BCUT2D eigenvalue weighted by Gasteiger charge is 2.23. The first-order valence-electron chi connectivity index (χ1n) is 5.66. The van der Waals surface area contributed by atoms with Gasteiger partial charge in [-0.2, -0.15) is 0 Å². The summed E-state index contributed by atoms with van der Waals surface area (Å²) in [5, 5.41) is 6.70. The summed E-state index contributed by atoms with van der Waals surface area (Å²) in [6, 6.07) is 6.62. The van der Waals surface area contributed by atoms with Gasteiger partial charge in [0.2, 0.25) is 11.7 Å². The maximum atomic E-state index is 12.4. The number of aromatic nitrogens is 1. The van der Waals surface area contributed by atoms with Gasteiger partial charge in [0.05, 0.1) is 10.4 Å². The summed E-state index contributed by atoms with van der Waals surface area (Å²) in [7, 11) is 0. The first-order valence-corrected chi connectivity index (χ1v) is 7.16. The second-order valence-electron chi connectivity index (χ2n) is 3.95. The quantitative estimate of drug-likeness (QED) is 0.674. The fourth-order valence-electron chi connectivity index (χ4n) is 1.62. The molecule has 0 bridgehead atoms. The number of benzene rings is 1. The maximum Gasteiger partial charge on any atom is 0.235 e. The number of nitrogens with one attached hydrogen (secondary N) is 1. The molecule has 0 saturated carbocycles. The summed E-state index contributed by atoms with van der Waals surface area (Å²) in [5.74, 6) is -0.350. The third-order valence-electron chi connectivity index (χ3n) is 2.58. The van der Waals surface area contributed by atoms with E-state index in [2.05, 4.69) is 26.4 Å². The Hall–Kier alpha value is -1.66. The molecule has 0 saturated heterocycles. The Morgan fingerprint density at radius 1 is 1.40 bits per heavy atom. The molecule has 1 heterocycles. The Morgan fingerprint density at radius 2 is 2.10 bits per heavy atom. The number of rotatable bonds is 4. The average Bonchev–Trinajstić information content (AvgIpc) is 2.80. The van der Waals surface area contributed by atoms with Gasteiger partial charge in [0.25, 0.3) is 0 Å². The number of amides is 1. The predicted molar refractivity (Wildman–Crippen MR) is 78.5 cm³/mol. The molecule has 0 aliphatic rings. The smallest absolute Gasteiger partial charge is 0.235 e. The lowest BCUT2D eigenvalue weighted by Gasteiger charge is -2.04. The Labute approximate surface area is 128 Å². The topological polar surface area (TPSA) is 72.2 Å². The lowest BCUT2D eigenvalue weighted by molar-refractivity contribution is -0.113. The molecule has 2 rings (SSSR count). The van der Waals surface area contributed by atoms with E-state index in [1.165, 1.54) is 0 Å². The first-order chi connectivity index (χ1) is 9.54. The zero-order chi connectivity index (χ0) is 14.7. The van der Waals surface area contributed by atoms with E-state index in [1.807, 2.05) is 0 Å². The van der Waals surface area contributed by atoms with Crippen molar-refractivity contribution in [2.24, 2.45) is 0 Å². The molecular weight excluding hydrogens is 348 g/mol. The number of carbonyl (C=O) groups is 2. The summed E-state index contributed by atoms with van der Waals surface area (Å²) in [6.45, 7) is 1.61. The van der Waals surface area contributed by atoms with Crippen LogP contribution in [0.3, 0.4) is 0 Å². The van der Waals surface area contributed by atoms with Crippen LogP contribution in [-0.4, -0.2) is 22.2 Å². The molecule has 20 heavy (non-hydrogen) atoms. The predicted octanol–water partition coefficient (Wildman–Crippen LogP) is 3.20. The van der Waals surface area contributed by atoms with Gasteiger partial charge < -0.3 is 9.84 Å². The van der Waals surface area contributed by atoms with Crippen LogP contribution in [0.1, 0.15) is 21.8 Å². The van der Waals surface area contributed by atoms with Crippen LogP contribution in [0.2, 0.25) is 5.02 Å². The van der Waals surface area contributed by atoms with Crippen LogP contribution in [0.25, 0.3) is 0 Å². The standard InChI is InChI=1S/C13H10BrClN2O3/c1-7-11(16-10(18)6-14)12(17-20-7)13(19)8-4-2-3-5-9(8)15/h2-5H,6H2,1H3,(H,16,18). The van der Waals surface area contributed by atoms with Crippen molar-refractivity contribution in [2.45, 2.75) is 6.92 Å². The number of anilines is 1. The van der Waals surface area contributed by atoms with Crippen molar-refractivity contribution in [1.29, 1.82) is 0 Å². The lowest BCUT2D eigenvalue weighted by atomic mass is 10.1. The first kappa shape index (κ1) is 14.7. The summed E-state index contributed by atoms with van der Waals surface area (Å²) in [5.41, 5.74) is 0.598. The molecule has 0 aliphatic carbocycles. The highest BCUT2D eigenvalue weighted by molar-refractivity contribution is 9.09. The van der Waals surface area contributed by atoms with Crippen LogP contribution < -0.4 is 5.32 Å². The van der Waals surface area contributed by atoms with Crippen molar-refractivity contribution in [2.75, 3.05) is 10.6 Å². The molecule has 0 unspecified atom stereocenters. The van der Waals surface area contributed by atoms with Crippen LogP contribution in [0, 0.1) is 6.92 Å². The second-order valence-corrected chi connectivity index (χ2v) is 4.92. The molecule has 7 heteroatoms. The third-order valence-corrected chi connectivity index (χ3v) is 3.42. The Kier molecular flexibility index (Phi) is 4.57. The molecule has 0 radical (unpaired) electrons. The molecule has 0 fully saturated rings. The van der Waals surface area contributed by atoms with Gasteiger partial charge in [-0.25, -0.2) is 0 Å². The van der Waals surface area contributed by atoms with E-state index >= 15 is 0 Å². The van der Waals surface area contributed by atoms with Gasteiger partial charge in [-0.3, -0.25) is 9.59 Å². The SMILES string of the molecule is Cc1onc(C(=O)c2ccccc2Cl)c1NC(=O)CBr. The number of aryl methyl sites for hydroxylation is 1. The molecule has 1 aromatic heterocycles. The van der Waals surface area contributed by atoms with Crippen LogP contribution in [0.4, 0.5) is 5.69 Å². The minimum atomic E-state index is -0.405. The van der Waals surface area contributed by atoms with Crippen LogP contribution in [0.15, 0.2) is 28.8 Å². The molecule has 1 aromatic carbocycles. The normalized spacial score (nSPS) is 10.3. The van der Waals surface area contributed by atoms with E-state index in [1.54, 1.807) is 31.2 Å². The van der Waals surface area contributed by atoms with Gasteiger partial charge in [0, 0.05) is 5.56 Å². The van der Waals surface area contributed by atoms with Crippen molar-refractivity contribution in [3.05, 3.63) is 46.3 Å². The van der Waals surface area contributed by atoms with Gasteiger partial charge in [-0.15, -0.1) is 0 Å². The molecule has 0 atom stereocenters. The van der Waals surface area contributed by atoms with Crippen LogP contribution in [0.5, 0.6) is 0 Å². The maximum absolute atomic E-state index is 12.4. The zero-order valence-electron chi connectivity index (χ0n) is 10.4. The fraction of sp³-hybridized carbons (Fsp3) is 0.154. The van der Waals surface area contributed by atoms with Gasteiger partial charge in [0.1, 0.15) is 5.69 Å². The van der Waals surface area contributed by atoms with E-state index in [9.17, 15) is 9.59 Å². The average molecular weight is 358 g/mol. The lowest BCUT2D eigenvalue weighted by Crippen LogP contribution is -2.15. The largest absolute Gasteiger partial charge is 0.359 e. The molecule has 2 aromatic rings. The Morgan fingerprint density at radius 3 is 2.75 bits per heavy atom. The number of alkyl halides is 1. The monoisotopic (exact) mass is 356 g/mol. The van der Waals surface area contributed by atoms with E-state index in [0.29, 0.717) is 16.3 Å². The van der Waals surface area contributed by atoms with Gasteiger partial charge in [-0.05, 0) is 19.1 Å². The highest BCUT2D eigenvalue weighted by atomic mass is 79.9. The van der Waals surface area contributed by atoms with Crippen molar-refractivity contribution in [3.63, 3.8) is 0 Å². The fourth-order valence-corrected chi connectivity index (χ4v) is 1.98. The summed E-state index contributed by atoms with van der Waals surface area (Å²) >= 11 is 9.02. The van der Waals surface area contributed by atoms with E-state index in [-0.39, 0.29) is 22.6 Å². The molecule has 5 nitrogen and oxygen atoms in total. The van der Waals surface area contributed by atoms with E-state index in [4.69, 9.17) is 16.1 Å². The molecular formula is C13H10BrClN2O3. The third kappa shape index (κ3) is 2.91. The number of ketones is 1. The van der Waals surface area contributed by atoms with Crippen molar-refractivity contribution >= 4 is 44.9 Å². The van der Waals surface area contributed by atoms with Crippen LogP contribution in [-0.2, 0) is 4.79 Å². The zero-order valence-corrected chi connectivity index (χ0v) is 12.8. The number of nitrogens with zero attached hydrogens (tertiary/aromatic N) is 1. The molecule has 1 N–H and O–H groups in total. The van der Waals surface area contributed by atoms with Crippen LogP contribution >= 0.6 is 27.5 Å². The molecule has 0 spiro atoms. The van der Waals surface area contributed by atoms with Gasteiger partial charge in [-0.1, -0.05) is 44.8 Å².